The molecule has 0 unspecified atom stereocenters. The number of hydrogen-bond acceptors (Lipinski definition) is 3. The minimum absolute atomic E-state index is 0.173. The summed E-state index contributed by atoms with van der Waals surface area (Å²) in [6.07, 6.45) is 0.497. The van der Waals surface area contributed by atoms with Crippen molar-refractivity contribution in [2.75, 3.05) is 6.61 Å². The van der Waals surface area contributed by atoms with E-state index in [1.165, 1.54) is 0 Å². The van der Waals surface area contributed by atoms with Gasteiger partial charge in [0.15, 0.2) is 6.61 Å². The maximum Gasteiger partial charge on any atom is 0.261 e. The van der Waals surface area contributed by atoms with Gasteiger partial charge >= 0.3 is 0 Å². The highest BCUT2D eigenvalue weighted by Crippen LogP contribution is 2.18. The van der Waals surface area contributed by atoms with Crippen LogP contribution in [0.15, 0.2) is 48.5 Å². The fraction of sp³-hybridized carbons (Fsp3) is 0.417. The number of benzene rings is 2. The fourth-order valence-electron chi connectivity index (χ4n) is 3.05. The molecule has 0 spiro atoms. The Morgan fingerprint density at radius 2 is 1.80 bits per heavy atom. The number of nitrogens with zero attached hydrogens (tertiary/aromatic N) is 1. The van der Waals surface area contributed by atoms with E-state index >= 15 is 0 Å². The summed E-state index contributed by atoms with van der Waals surface area (Å²) in [6, 6.07) is 14.2. The molecule has 0 fully saturated rings. The van der Waals surface area contributed by atoms with Crippen LogP contribution in [-0.2, 0) is 16.1 Å². The van der Waals surface area contributed by atoms with Crippen molar-refractivity contribution in [1.82, 2.24) is 10.2 Å². The number of ether oxygens (including phenoxy) is 1. The van der Waals surface area contributed by atoms with Gasteiger partial charge in [-0.3, -0.25) is 9.59 Å². The second-order valence-electron chi connectivity index (χ2n) is 8.42. The predicted octanol–water partition coefficient (Wildman–Crippen LogP) is 4.75. The van der Waals surface area contributed by atoms with Gasteiger partial charge in [0, 0.05) is 17.1 Å². The third-order valence-corrected chi connectivity index (χ3v) is 4.75. The smallest absolute Gasteiger partial charge is 0.261 e. The van der Waals surface area contributed by atoms with Crippen molar-refractivity contribution >= 4 is 23.4 Å². The first-order valence-electron chi connectivity index (χ1n) is 10.1. The number of amides is 2. The Labute approximate surface area is 184 Å². The van der Waals surface area contributed by atoms with E-state index in [1.54, 1.807) is 29.2 Å². The van der Waals surface area contributed by atoms with Crippen molar-refractivity contribution in [3.63, 3.8) is 0 Å². The first-order chi connectivity index (χ1) is 14.1. The van der Waals surface area contributed by atoms with Crippen LogP contribution in [0.4, 0.5) is 0 Å². The Morgan fingerprint density at radius 3 is 2.37 bits per heavy atom. The molecule has 1 atom stereocenters. The molecule has 0 radical (unpaired) electrons. The van der Waals surface area contributed by atoms with E-state index in [0.29, 0.717) is 23.7 Å². The number of rotatable bonds is 8. The molecule has 2 rings (SSSR count). The van der Waals surface area contributed by atoms with Crippen LogP contribution >= 0.6 is 11.6 Å². The summed E-state index contributed by atoms with van der Waals surface area (Å²) in [5.74, 6) is 0.0815. The number of nitrogens with one attached hydrogen (secondary N) is 1. The Hall–Kier alpha value is -2.53. The lowest BCUT2D eigenvalue weighted by atomic mass is 10.1. The first-order valence-corrected chi connectivity index (χ1v) is 10.5. The molecule has 0 aromatic heterocycles. The highest BCUT2D eigenvalue weighted by Gasteiger charge is 2.30. The fourth-order valence-corrected chi connectivity index (χ4v) is 3.23. The van der Waals surface area contributed by atoms with Gasteiger partial charge in [-0.2, -0.15) is 0 Å². The highest BCUT2D eigenvalue weighted by molar-refractivity contribution is 6.30. The van der Waals surface area contributed by atoms with E-state index in [1.807, 2.05) is 58.9 Å². The third kappa shape index (κ3) is 7.38. The molecule has 2 amide bonds. The number of carbonyl (C=O) groups excluding carboxylic acids is 2. The molecule has 0 aliphatic carbocycles. The van der Waals surface area contributed by atoms with Gasteiger partial charge < -0.3 is 15.0 Å². The van der Waals surface area contributed by atoms with Crippen LogP contribution in [0.2, 0.25) is 5.02 Å². The van der Waals surface area contributed by atoms with Crippen LogP contribution in [0.3, 0.4) is 0 Å². The summed E-state index contributed by atoms with van der Waals surface area (Å²) in [4.78, 5) is 27.7. The quantitative estimate of drug-likeness (QED) is 0.657. The molecule has 0 aliphatic heterocycles. The summed E-state index contributed by atoms with van der Waals surface area (Å²) >= 11 is 5.99. The van der Waals surface area contributed by atoms with Gasteiger partial charge in [0.1, 0.15) is 11.8 Å². The van der Waals surface area contributed by atoms with Gasteiger partial charge in [0.25, 0.3) is 5.91 Å². The summed E-state index contributed by atoms with van der Waals surface area (Å²) in [6.45, 7) is 9.83. The molecule has 30 heavy (non-hydrogen) atoms. The van der Waals surface area contributed by atoms with E-state index in [4.69, 9.17) is 16.3 Å². The first kappa shape index (κ1) is 23.7. The van der Waals surface area contributed by atoms with Crippen LogP contribution in [0.5, 0.6) is 5.75 Å². The molecular weight excluding hydrogens is 400 g/mol. The molecular formula is C24H31ClN2O3. The molecule has 5 nitrogen and oxygen atoms in total. The monoisotopic (exact) mass is 430 g/mol. The maximum atomic E-state index is 13.1. The van der Waals surface area contributed by atoms with E-state index in [0.717, 1.165) is 11.1 Å². The summed E-state index contributed by atoms with van der Waals surface area (Å²) in [5, 5.41) is 3.53. The molecule has 2 aromatic rings. The summed E-state index contributed by atoms with van der Waals surface area (Å²) in [7, 11) is 0. The Morgan fingerprint density at radius 1 is 1.13 bits per heavy atom. The average molecular weight is 431 g/mol. The van der Waals surface area contributed by atoms with E-state index in [2.05, 4.69) is 5.32 Å². The van der Waals surface area contributed by atoms with Crippen molar-refractivity contribution in [2.45, 2.75) is 59.2 Å². The van der Waals surface area contributed by atoms with Crippen LogP contribution in [0, 0.1) is 6.92 Å². The molecule has 162 valence electrons. The summed E-state index contributed by atoms with van der Waals surface area (Å²) in [5.41, 5.74) is 1.71. The van der Waals surface area contributed by atoms with Gasteiger partial charge in [-0.25, -0.2) is 0 Å². The zero-order valence-corrected chi connectivity index (χ0v) is 19.1. The Kier molecular flexibility index (Phi) is 8.30. The topological polar surface area (TPSA) is 58.6 Å². The second kappa shape index (κ2) is 10.5. The molecule has 1 N–H and O–H groups in total. The van der Waals surface area contributed by atoms with E-state index in [9.17, 15) is 9.59 Å². The number of aryl methyl sites for hydroxylation is 1. The standard InChI is InChI=1S/C24H31ClN2O3/c1-6-21(23(29)26-24(3,4)5)27(15-18-12-10-17(2)11-13-18)22(28)16-30-20-9-7-8-19(25)14-20/h7-14,21H,6,15-16H2,1-5H3,(H,26,29)/t21-/m1/s1. The van der Waals surface area contributed by atoms with Crippen molar-refractivity contribution in [2.24, 2.45) is 0 Å². The van der Waals surface area contributed by atoms with Gasteiger partial charge in [0.05, 0.1) is 0 Å². The molecule has 2 aromatic carbocycles. The Balaban J connectivity index is 2.22. The largest absolute Gasteiger partial charge is 0.484 e. The van der Waals surface area contributed by atoms with Crippen LogP contribution in [0.25, 0.3) is 0 Å². The van der Waals surface area contributed by atoms with E-state index < -0.39 is 6.04 Å². The lowest BCUT2D eigenvalue weighted by Gasteiger charge is -2.33. The maximum absolute atomic E-state index is 13.1. The molecule has 0 saturated carbocycles. The van der Waals surface area contributed by atoms with Crippen LogP contribution in [0.1, 0.15) is 45.2 Å². The predicted molar refractivity (Wildman–Crippen MR) is 121 cm³/mol. The molecule has 0 heterocycles. The number of halogens is 1. The minimum Gasteiger partial charge on any atom is -0.484 e. The van der Waals surface area contributed by atoms with Crippen molar-refractivity contribution in [3.05, 3.63) is 64.7 Å². The van der Waals surface area contributed by atoms with Gasteiger partial charge in [0.2, 0.25) is 5.91 Å². The van der Waals surface area contributed by atoms with E-state index in [-0.39, 0.29) is 24.0 Å². The van der Waals surface area contributed by atoms with Crippen molar-refractivity contribution in [1.29, 1.82) is 0 Å². The van der Waals surface area contributed by atoms with Gasteiger partial charge in [-0.15, -0.1) is 0 Å². The average Bonchev–Trinajstić information content (AvgIpc) is 2.66. The zero-order chi connectivity index (χ0) is 22.3. The minimum atomic E-state index is -0.596. The van der Waals surface area contributed by atoms with Gasteiger partial charge in [-0.1, -0.05) is 54.4 Å². The molecule has 0 saturated heterocycles. The molecule has 6 heteroatoms. The number of carbonyl (C=O) groups is 2. The summed E-state index contributed by atoms with van der Waals surface area (Å²) < 4.78 is 5.65. The van der Waals surface area contributed by atoms with Crippen molar-refractivity contribution < 1.29 is 14.3 Å². The normalized spacial score (nSPS) is 12.2. The third-order valence-electron chi connectivity index (χ3n) is 4.52. The van der Waals surface area contributed by atoms with Gasteiger partial charge in [-0.05, 0) is 57.9 Å². The second-order valence-corrected chi connectivity index (χ2v) is 8.85. The highest BCUT2D eigenvalue weighted by atomic mass is 35.5. The Bertz CT molecular complexity index is 859. The zero-order valence-electron chi connectivity index (χ0n) is 18.4. The van der Waals surface area contributed by atoms with Crippen LogP contribution in [-0.4, -0.2) is 34.9 Å². The molecule has 0 aliphatic rings. The lowest BCUT2D eigenvalue weighted by Crippen LogP contribution is -2.54. The number of hydrogen-bond donors (Lipinski definition) is 1. The van der Waals surface area contributed by atoms with Crippen LogP contribution < -0.4 is 10.1 Å². The molecule has 0 bridgehead atoms. The van der Waals surface area contributed by atoms with Crippen molar-refractivity contribution in [3.8, 4) is 5.75 Å². The lowest BCUT2D eigenvalue weighted by molar-refractivity contribution is -0.143. The SMILES string of the molecule is CC[C@H](C(=O)NC(C)(C)C)N(Cc1ccc(C)cc1)C(=O)COc1cccc(Cl)c1.